The highest BCUT2D eigenvalue weighted by Gasteiger charge is 2.22. The lowest BCUT2D eigenvalue weighted by Gasteiger charge is -2.34. The van der Waals surface area contributed by atoms with Gasteiger partial charge in [-0.3, -0.25) is 4.79 Å². The number of hydrogen-bond donors (Lipinski definition) is 0. The van der Waals surface area contributed by atoms with Crippen LogP contribution >= 0.6 is 0 Å². The number of aromatic nitrogens is 2. The van der Waals surface area contributed by atoms with Gasteiger partial charge in [0.25, 0.3) is 0 Å². The fourth-order valence-corrected chi connectivity index (χ4v) is 2.74. The molecule has 0 N–H and O–H groups in total. The molecule has 1 aromatic rings. The molecule has 0 unspecified atom stereocenters. The van der Waals surface area contributed by atoms with Gasteiger partial charge in [0, 0.05) is 43.6 Å². The molecule has 2 heterocycles. The van der Waals surface area contributed by atoms with Crippen LogP contribution in [-0.2, 0) is 4.79 Å². The Bertz CT molecular complexity index is 496. The molecule has 21 heavy (non-hydrogen) atoms. The zero-order valence-electron chi connectivity index (χ0n) is 13.5. The van der Waals surface area contributed by atoms with E-state index in [-0.39, 0.29) is 5.91 Å². The van der Waals surface area contributed by atoms with Crippen molar-refractivity contribution in [3.05, 3.63) is 24.3 Å². The van der Waals surface area contributed by atoms with E-state index in [9.17, 15) is 4.79 Å². The van der Waals surface area contributed by atoms with Gasteiger partial charge in [-0.1, -0.05) is 0 Å². The van der Waals surface area contributed by atoms with Gasteiger partial charge in [0.2, 0.25) is 5.91 Å². The number of amides is 1. The zero-order chi connectivity index (χ0) is 15.4. The van der Waals surface area contributed by atoms with Crippen LogP contribution in [0.25, 0.3) is 6.08 Å². The van der Waals surface area contributed by atoms with E-state index < -0.39 is 0 Å². The van der Waals surface area contributed by atoms with Gasteiger partial charge in [0.1, 0.15) is 5.82 Å². The highest BCUT2D eigenvalue weighted by molar-refractivity contribution is 5.91. The van der Waals surface area contributed by atoms with Crippen molar-refractivity contribution in [1.82, 2.24) is 19.4 Å². The normalized spacial score (nSPS) is 17.3. The number of nitrogens with zero attached hydrogens (tertiary/aromatic N) is 4. The molecule has 1 fully saturated rings. The number of hydrogen-bond acceptors (Lipinski definition) is 3. The minimum atomic E-state index is 0.0884. The molecule has 1 saturated heterocycles. The van der Waals surface area contributed by atoms with E-state index in [0.29, 0.717) is 12.1 Å². The highest BCUT2D eigenvalue weighted by Crippen LogP contribution is 2.15. The fourth-order valence-electron chi connectivity index (χ4n) is 2.74. The van der Waals surface area contributed by atoms with E-state index in [1.807, 2.05) is 17.2 Å². The first kappa shape index (κ1) is 15.8. The number of piperidine rings is 1. The van der Waals surface area contributed by atoms with Gasteiger partial charge in [-0.2, -0.15) is 0 Å². The standard InChI is InChI=1S/C16H26N4O/c1-13(2)20-12-9-17-15(20)5-6-16(21)19-10-7-14(8-11-19)18(3)4/h5-6,9,12-14H,7-8,10-11H2,1-4H3/b6-5+. The van der Waals surface area contributed by atoms with Crippen molar-refractivity contribution in [2.45, 2.75) is 38.8 Å². The van der Waals surface area contributed by atoms with Crippen LogP contribution < -0.4 is 0 Å². The van der Waals surface area contributed by atoms with Gasteiger partial charge >= 0.3 is 0 Å². The third-order valence-electron chi connectivity index (χ3n) is 4.14. The van der Waals surface area contributed by atoms with Gasteiger partial charge in [0.05, 0.1) is 0 Å². The van der Waals surface area contributed by atoms with Crippen molar-refractivity contribution in [1.29, 1.82) is 0 Å². The maximum Gasteiger partial charge on any atom is 0.246 e. The first-order valence-corrected chi connectivity index (χ1v) is 7.65. The molecule has 5 heteroatoms. The van der Waals surface area contributed by atoms with Gasteiger partial charge < -0.3 is 14.4 Å². The van der Waals surface area contributed by atoms with Crippen LogP contribution in [0.4, 0.5) is 0 Å². The summed E-state index contributed by atoms with van der Waals surface area (Å²) in [6, 6.07) is 0.941. The van der Waals surface area contributed by atoms with Crippen molar-refractivity contribution in [3.63, 3.8) is 0 Å². The Morgan fingerprint density at radius 2 is 2.05 bits per heavy atom. The van der Waals surface area contributed by atoms with Gasteiger partial charge in [0.15, 0.2) is 0 Å². The molecule has 0 saturated carbocycles. The smallest absolute Gasteiger partial charge is 0.246 e. The molecule has 2 rings (SSSR count). The van der Waals surface area contributed by atoms with Crippen LogP contribution in [0.2, 0.25) is 0 Å². The molecule has 0 aliphatic carbocycles. The van der Waals surface area contributed by atoms with E-state index in [1.54, 1.807) is 12.3 Å². The summed E-state index contributed by atoms with van der Waals surface area (Å²) in [6.07, 6.45) is 9.28. The largest absolute Gasteiger partial charge is 0.339 e. The quantitative estimate of drug-likeness (QED) is 0.797. The third kappa shape index (κ3) is 3.94. The molecule has 0 atom stereocenters. The van der Waals surface area contributed by atoms with Crippen LogP contribution in [0.5, 0.6) is 0 Å². The molecular formula is C16H26N4O. The Morgan fingerprint density at radius 1 is 1.38 bits per heavy atom. The number of rotatable bonds is 4. The predicted molar refractivity (Wildman–Crippen MR) is 84.9 cm³/mol. The Morgan fingerprint density at radius 3 is 2.62 bits per heavy atom. The molecule has 1 aliphatic heterocycles. The highest BCUT2D eigenvalue weighted by atomic mass is 16.2. The second-order valence-corrected chi connectivity index (χ2v) is 6.14. The summed E-state index contributed by atoms with van der Waals surface area (Å²) in [5.74, 6) is 0.923. The molecule has 1 aliphatic rings. The summed E-state index contributed by atoms with van der Waals surface area (Å²) in [6.45, 7) is 5.88. The topological polar surface area (TPSA) is 41.4 Å². The lowest BCUT2D eigenvalue weighted by Crippen LogP contribution is -2.43. The van der Waals surface area contributed by atoms with Crippen LogP contribution in [0, 0.1) is 0 Å². The number of likely N-dealkylation sites (tertiary alicyclic amines) is 1. The lowest BCUT2D eigenvalue weighted by molar-refractivity contribution is -0.127. The molecule has 0 radical (unpaired) electrons. The minimum absolute atomic E-state index is 0.0884. The maximum atomic E-state index is 12.2. The van der Waals surface area contributed by atoms with Crippen LogP contribution in [0.3, 0.4) is 0 Å². The first-order valence-electron chi connectivity index (χ1n) is 7.65. The zero-order valence-corrected chi connectivity index (χ0v) is 13.5. The Kier molecular flexibility index (Phi) is 5.17. The second kappa shape index (κ2) is 6.89. The molecule has 116 valence electrons. The first-order chi connectivity index (χ1) is 9.99. The lowest BCUT2D eigenvalue weighted by atomic mass is 10.0. The van der Waals surface area contributed by atoms with Gasteiger partial charge in [-0.15, -0.1) is 0 Å². The number of carbonyl (C=O) groups excluding carboxylic acids is 1. The molecule has 0 bridgehead atoms. The van der Waals surface area contributed by atoms with Crippen LogP contribution in [0.1, 0.15) is 38.6 Å². The SMILES string of the molecule is CC(C)n1ccnc1/C=C/C(=O)N1CCC(N(C)C)CC1. The summed E-state index contributed by atoms with van der Waals surface area (Å²) in [5.41, 5.74) is 0. The molecule has 1 aromatic heterocycles. The Hall–Kier alpha value is -1.62. The van der Waals surface area contributed by atoms with E-state index in [2.05, 4.69) is 42.4 Å². The number of carbonyl (C=O) groups is 1. The van der Waals surface area contributed by atoms with E-state index in [1.165, 1.54) is 0 Å². The minimum Gasteiger partial charge on any atom is -0.339 e. The average molecular weight is 290 g/mol. The van der Waals surface area contributed by atoms with Gasteiger partial charge in [-0.25, -0.2) is 4.98 Å². The molecule has 5 nitrogen and oxygen atoms in total. The molecular weight excluding hydrogens is 264 g/mol. The monoisotopic (exact) mass is 290 g/mol. The summed E-state index contributed by atoms with van der Waals surface area (Å²) < 4.78 is 2.06. The molecule has 0 spiro atoms. The fraction of sp³-hybridized carbons (Fsp3) is 0.625. The maximum absolute atomic E-state index is 12.2. The summed E-state index contributed by atoms with van der Waals surface area (Å²) in [5, 5.41) is 0. The van der Waals surface area contributed by atoms with Crippen LogP contribution in [-0.4, -0.2) is 58.5 Å². The van der Waals surface area contributed by atoms with Crippen molar-refractivity contribution in [3.8, 4) is 0 Å². The summed E-state index contributed by atoms with van der Waals surface area (Å²) >= 11 is 0. The predicted octanol–water partition coefficient (Wildman–Crippen LogP) is 2.03. The average Bonchev–Trinajstić information content (AvgIpc) is 2.93. The summed E-state index contributed by atoms with van der Waals surface area (Å²) in [7, 11) is 4.21. The number of imidazole rings is 1. The van der Waals surface area contributed by atoms with Crippen molar-refractivity contribution >= 4 is 12.0 Å². The van der Waals surface area contributed by atoms with Crippen molar-refractivity contribution in [2.75, 3.05) is 27.2 Å². The van der Waals surface area contributed by atoms with Crippen molar-refractivity contribution < 1.29 is 4.79 Å². The van der Waals surface area contributed by atoms with E-state index >= 15 is 0 Å². The van der Waals surface area contributed by atoms with Gasteiger partial charge in [-0.05, 0) is 46.9 Å². The molecule has 0 aromatic carbocycles. The van der Waals surface area contributed by atoms with Crippen LogP contribution in [0.15, 0.2) is 18.5 Å². The second-order valence-electron chi connectivity index (χ2n) is 6.14. The van der Waals surface area contributed by atoms with Crippen molar-refractivity contribution in [2.24, 2.45) is 0 Å². The molecule has 1 amide bonds. The Balaban J connectivity index is 1.93. The third-order valence-corrected chi connectivity index (χ3v) is 4.14. The summed E-state index contributed by atoms with van der Waals surface area (Å²) in [4.78, 5) is 20.7. The Labute approximate surface area is 127 Å². The van der Waals surface area contributed by atoms with E-state index in [0.717, 1.165) is 31.8 Å². The van der Waals surface area contributed by atoms with E-state index in [4.69, 9.17) is 0 Å².